The molecule has 18 heavy (non-hydrogen) atoms. The van der Waals surface area contributed by atoms with Gasteiger partial charge in [0.2, 0.25) is 0 Å². The standard InChI is InChI=1S/C14H18FNO2/c1-14(6-3-7-16-14)13(17)9-10-4-5-12(18-2)11(15)8-10/h4-5,8,16H,3,6-7,9H2,1-2H3. The van der Waals surface area contributed by atoms with Crippen molar-refractivity contribution in [2.24, 2.45) is 0 Å². The second kappa shape index (κ2) is 5.06. The molecule has 1 aromatic rings. The van der Waals surface area contributed by atoms with Gasteiger partial charge in [0.15, 0.2) is 17.3 Å². The van der Waals surface area contributed by atoms with E-state index < -0.39 is 11.4 Å². The van der Waals surface area contributed by atoms with Crippen molar-refractivity contribution in [2.45, 2.75) is 31.7 Å². The maximum Gasteiger partial charge on any atom is 0.165 e. The Morgan fingerprint density at radius 3 is 2.89 bits per heavy atom. The summed E-state index contributed by atoms with van der Waals surface area (Å²) in [4.78, 5) is 12.2. The molecule has 1 aromatic carbocycles. The highest BCUT2D eigenvalue weighted by Gasteiger charge is 2.35. The van der Waals surface area contributed by atoms with Gasteiger partial charge in [0.1, 0.15) is 0 Å². The second-order valence-corrected chi connectivity index (χ2v) is 4.93. The number of methoxy groups -OCH3 is 1. The highest BCUT2D eigenvalue weighted by atomic mass is 19.1. The van der Waals surface area contributed by atoms with Crippen molar-refractivity contribution in [3.63, 3.8) is 0 Å². The molecule has 3 nitrogen and oxygen atoms in total. The Balaban J connectivity index is 2.09. The number of hydrogen-bond acceptors (Lipinski definition) is 3. The van der Waals surface area contributed by atoms with Crippen LogP contribution in [0.5, 0.6) is 5.75 Å². The lowest BCUT2D eigenvalue weighted by Crippen LogP contribution is -2.45. The van der Waals surface area contributed by atoms with Gasteiger partial charge < -0.3 is 10.1 Å². The summed E-state index contributed by atoms with van der Waals surface area (Å²) in [6, 6.07) is 4.66. The molecule has 0 spiro atoms. The molecule has 4 heteroatoms. The molecule has 1 heterocycles. The van der Waals surface area contributed by atoms with Gasteiger partial charge in [-0.1, -0.05) is 6.07 Å². The summed E-state index contributed by atoms with van der Waals surface area (Å²) in [6.07, 6.45) is 2.12. The molecular formula is C14H18FNO2. The first-order chi connectivity index (χ1) is 8.55. The molecule has 0 amide bonds. The fourth-order valence-corrected chi connectivity index (χ4v) is 2.33. The van der Waals surface area contributed by atoms with E-state index in [0.717, 1.165) is 19.4 Å². The van der Waals surface area contributed by atoms with E-state index in [1.54, 1.807) is 12.1 Å². The molecule has 1 atom stereocenters. The number of halogens is 1. The fraction of sp³-hybridized carbons (Fsp3) is 0.500. The van der Waals surface area contributed by atoms with Crippen molar-refractivity contribution in [2.75, 3.05) is 13.7 Å². The van der Waals surface area contributed by atoms with E-state index in [0.29, 0.717) is 5.56 Å². The van der Waals surface area contributed by atoms with E-state index in [2.05, 4.69) is 5.32 Å². The molecule has 1 N–H and O–H groups in total. The van der Waals surface area contributed by atoms with Crippen molar-refractivity contribution in [3.8, 4) is 5.75 Å². The minimum Gasteiger partial charge on any atom is -0.494 e. The van der Waals surface area contributed by atoms with Crippen LogP contribution in [0.3, 0.4) is 0 Å². The van der Waals surface area contributed by atoms with Crippen molar-refractivity contribution < 1.29 is 13.9 Å². The van der Waals surface area contributed by atoms with Crippen molar-refractivity contribution in [1.82, 2.24) is 5.32 Å². The summed E-state index contributed by atoms with van der Waals surface area (Å²) in [5.41, 5.74) is 0.240. The van der Waals surface area contributed by atoms with Crippen LogP contribution < -0.4 is 10.1 Å². The van der Waals surface area contributed by atoms with Gasteiger partial charge in [-0.05, 0) is 44.0 Å². The number of carbonyl (C=O) groups is 1. The van der Waals surface area contributed by atoms with Crippen LogP contribution in [0.2, 0.25) is 0 Å². The van der Waals surface area contributed by atoms with Crippen molar-refractivity contribution in [3.05, 3.63) is 29.6 Å². The number of ether oxygens (including phenoxy) is 1. The molecule has 1 saturated heterocycles. The third-order valence-corrected chi connectivity index (χ3v) is 3.57. The Hall–Kier alpha value is -1.42. The topological polar surface area (TPSA) is 38.3 Å². The number of ketones is 1. The maximum atomic E-state index is 13.5. The van der Waals surface area contributed by atoms with Crippen molar-refractivity contribution in [1.29, 1.82) is 0 Å². The van der Waals surface area contributed by atoms with Crippen LogP contribution in [0.1, 0.15) is 25.3 Å². The third kappa shape index (κ3) is 2.53. The van der Waals surface area contributed by atoms with E-state index in [1.165, 1.54) is 13.2 Å². The zero-order chi connectivity index (χ0) is 13.2. The molecule has 1 fully saturated rings. The molecule has 1 aliphatic heterocycles. The SMILES string of the molecule is COc1ccc(CC(=O)C2(C)CCCN2)cc1F. The molecule has 2 rings (SSSR count). The van der Waals surface area contributed by atoms with Gasteiger partial charge in [0.05, 0.1) is 12.6 Å². The second-order valence-electron chi connectivity index (χ2n) is 4.93. The van der Waals surface area contributed by atoms with Crippen LogP contribution in [0.4, 0.5) is 4.39 Å². The lowest BCUT2D eigenvalue weighted by Gasteiger charge is -2.22. The van der Waals surface area contributed by atoms with Crippen LogP contribution >= 0.6 is 0 Å². The number of rotatable bonds is 4. The summed E-state index contributed by atoms with van der Waals surface area (Å²) < 4.78 is 18.4. The largest absolute Gasteiger partial charge is 0.494 e. The number of benzene rings is 1. The fourth-order valence-electron chi connectivity index (χ4n) is 2.33. The minimum absolute atomic E-state index is 0.115. The molecule has 1 unspecified atom stereocenters. The van der Waals surface area contributed by atoms with Crippen LogP contribution in [0, 0.1) is 5.82 Å². The molecule has 0 aliphatic carbocycles. The number of Topliss-reactive ketones (excluding diaryl/α,β-unsaturated/α-hetero) is 1. The van der Waals surface area contributed by atoms with E-state index in [1.807, 2.05) is 6.92 Å². The van der Waals surface area contributed by atoms with Crippen LogP contribution in [0.25, 0.3) is 0 Å². The Labute approximate surface area is 106 Å². The quantitative estimate of drug-likeness (QED) is 0.890. The first kappa shape index (κ1) is 13.0. The number of hydrogen-bond donors (Lipinski definition) is 1. The summed E-state index contributed by atoms with van der Waals surface area (Å²) in [6.45, 7) is 2.79. The van der Waals surface area contributed by atoms with Gasteiger partial charge >= 0.3 is 0 Å². The zero-order valence-electron chi connectivity index (χ0n) is 10.8. The number of carbonyl (C=O) groups excluding carboxylic acids is 1. The summed E-state index contributed by atoms with van der Waals surface area (Å²) in [5.74, 6) is -0.103. The number of nitrogens with one attached hydrogen (secondary N) is 1. The van der Waals surface area contributed by atoms with Crippen LogP contribution in [-0.4, -0.2) is 25.0 Å². The third-order valence-electron chi connectivity index (χ3n) is 3.57. The molecule has 1 aliphatic rings. The molecule has 0 bridgehead atoms. The maximum absolute atomic E-state index is 13.5. The van der Waals surface area contributed by atoms with Gasteiger partial charge in [-0.15, -0.1) is 0 Å². The van der Waals surface area contributed by atoms with E-state index >= 15 is 0 Å². The summed E-state index contributed by atoms with van der Waals surface area (Å²) >= 11 is 0. The van der Waals surface area contributed by atoms with Gasteiger partial charge in [-0.25, -0.2) is 4.39 Å². The predicted molar refractivity (Wildman–Crippen MR) is 67.3 cm³/mol. The Kier molecular flexibility index (Phi) is 3.66. The first-order valence-corrected chi connectivity index (χ1v) is 6.16. The Bertz CT molecular complexity index is 453. The van der Waals surface area contributed by atoms with Crippen molar-refractivity contribution >= 4 is 5.78 Å². The van der Waals surface area contributed by atoms with Gasteiger partial charge in [0.25, 0.3) is 0 Å². The Morgan fingerprint density at radius 1 is 1.56 bits per heavy atom. The van der Waals surface area contributed by atoms with Gasteiger partial charge in [0, 0.05) is 6.42 Å². The molecule has 0 aromatic heterocycles. The highest BCUT2D eigenvalue weighted by Crippen LogP contribution is 2.23. The van der Waals surface area contributed by atoms with E-state index in [9.17, 15) is 9.18 Å². The first-order valence-electron chi connectivity index (χ1n) is 6.16. The molecule has 98 valence electrons. The van der Waals surface area contributed by atoms with Gasteiger partial charge in [-0.2, -0.15) is 0 Å². The van der Waals surface area contributed by atoms with E-state index in [4.69, 9.17) is 4.74 Å². The lowest BCUT2D eigenvalue weighted by atomic mass is 9.90. The molecular weight excluding hydrogens is 233 g/mol. The molecule has 0 saturated carbocycles. The highest BCUT2D eigenvalue weighted by molar-refractivity contribution is 5.90. The normalized spacial score (nSPS) is 23.1. The monoisotopic (exact) mass is 251 g/mol. The van der Waals surface area contributed by atoms with Crippen LogP contribution in [0.15, 0.2) is 18.2 Å². The summed E-state index contributed by atoms with van der Waals surface area (Å²) in [5, 5.41) is 3.22. The van der Waals surface area contributed by atoms with Gasteiger partial charge in [-0.3, -0.25) is 4.79 Å². The predicted octanol–water partition coefficient (Wildman–Crippen LogP) is 2.09. The van der Waals surface area contributed by atoms with Crippen LogP contribution in [-0.2, 0) is 11.2 Å². The average Bonchev–Trinajstić information content (AvgIpc) is 2.78. The minimum atomic E-state index is -0.448. The average molecular weight is 251 g/mol. The Morgan fingerprint density at radius 2 is 2.33 bits per heavy atom. The lowest BCUT2D eigenvalue weighted by molar-refractivity contribution is -0.123. The molecule has 0 radical (unpaired) electrons. The van der Waals surface area contributed by atoms with E-state index in [-0.39, 0.29) is 18.0 Å². The smallest absolute Gasteiger partial charge is 0.165 e. The zero-order valence-corrected chi connectivity index (χ0v) is 10.8. The summed E-state index contributed by atoms with van der Waals surface area (Å²) in [7, 11) is 1.42.